The van der Waals surface area contributed by atoms with Gasteiger partial charge in [0.15, 0.2) is 0 Å². The maximum atomic E-state index is 5.03. The highest BCUT2D eigenvalue weighted by molar-refractivity contribution is 5.86. The molecule has 2 heteroatoms. The molecule has 2 nitrogen and oxygen atoms in total. The van der Waals surface area contributed by atoms with Crippen LogP contribution >= 0.6 is 0 Å². The summed E-state index contributed by atoms with van der Waals surface area (Å²) in [6.45, 7) is 19.6. The van der Waals surface area contributed by atoms with Crippen molar-refractivity contribution in [2.75, 3.05) is 4.90 Å². The van der Waals surface area contributed by atoms with Gasteiger partial charge in [0.05, 0.1) is 6.04 Å². The van der Waals surface area contributed by atoms with Crippen LogP contribution in [0.15, 0.2) is 225 Å². The third kappa shape index (κ3) is 10.8. The number of rotatable bonds is 7. The predicted octanol–water partition coefficient (Wildman–Crippen LogP) is 20.0. The molecule has 1 aromatic heterocycles. The Labute approximate surface area is 453 Å². The summed E-state index contributed by atoms with van der Waals surface area (Å²) in [4.78, 5) is 7.55. The summed E-state index contributed by atoms with van der Waals surface area (Å²) in [6, 6.07) is 66.2. The normalized spacial score (nSPS) is 15.0. The molecular formula is C74H70N2. The van der Waals surface area contributed by atoms with Crippen LogP contribution < -0.4 is 4.90 Å². The quantitative estimate of drug-likeness (QED) is 0.158. The molecule has 3 aliphatic rings. The molecule has 12 rings (SSSR count). The molecule has 9 aromatic rings. The van der Waals surface area contributed by atoms with Gasteiger partial charge in [-0.1, -0.05) is 200 Å². The number of hydrogen-bond donors (Lipinski definition) is 0. The largest absolute Gasteiger partial charge is 0.333 e. The summed E-state index contributed by atoms with van der Waals surface area (Å²) in [5, 5.41) is 0. The van der Waals surface area contributed by atoms with Crippen molar-refractivity contribution in [1.82, 2.24) is 4.98 Å². The van der Waals surface area contributed by atoms with E-state index in [1.165, 1.54) is 123 Å². The number of allylic oxidation sites excluding steroid dienone is 6. The van der Waals surface area contributed by atoms with Gasteiger partial charge < -0.3 is 4.90 Å². The number of pyridine rings is 1. The smallest absolute Gasteiger partial charge is 0.0629 e. The Morgan fingerprint density at radius 3 is 1.64 bits per heavy atom. The van der Waals surface area contributed by atoms with Gasteiger partial charge >= 0.3 is 0 Å². The van der Waals surface area contributed by atoms with E-state index in [-0.39, 0.29) is 0 Å². The average Bonchev–Trinajstić information content (AvgIpc) is 3.83. The Bertz CT molecular complexity index is 3650. The second-order valence-corrected chi connectivity index (χ2v) is 21.0. The highest BCUT2D eigenvalue weighted by Gasteiger charge is 2.37. The van der Waals surface area contributed by atoms with Crippen molar-refractivity contribution in [3.8, 4) is 55.6 Å². The summed E-state index contributed by atoms with van der Waals surface area (Å²) in [5.74, 6) is 0.382. The summed E-state index contributed by atoms with van der Waals surface area (Å²) in [7, 11) is 0. The van der Waals surface area contributed by atoms with Crippen molar-refractivity contribution in [3.05, 3.63) is 286 Å². The van der Waals surface area contributed by atoms with E-state index in [1.807, 2.05) is 0 Å². The van der Waals surface area contributed by atoms with E-state index in [9.17, 15) is 0 Å². The number of benzene rings is 8. The number of fused-ring (bicyclic) bond motifs is 3. The van der Waals surface area contributed by atoms with Crippen LogP contribution in [-0.2, 0) is 0 Å². The topological polar surface area (TPSA) is 16.1 Å². The summed E-state index contributed by atoms with van der Waals surface area (Å²) in [5.41, 5.74) is 30.7. The van der Waals surface area contributed by atoms with E-state index >= 15 is 0 Å². The molecule has 2 heterocycles. The minimum atomic E-state index is 0.295. The molecule has 0 bridgehead atoms. The molecule has 0 amide bonds. The highest BCUT2D eigenvalue weighted by atomic mass is 15.2. The van der Waals surface area contributed by atoms with Crippen molar-refractivity contribution in [2.45, 2.75) is 87.1 Å². The van der Waals surface area contributed by atoms with Crippen LogP contribution in [-0.4, -0.2) is 11.0 Å². The van der Waals surface area contributed by atoms with Gasteiger partial charge in [0.25, 0.3) is 0 Å². The summed E-state index contributed by atoms with van der Waals surface area (Å²) < 4.78 is 0. The van der Waals surface area contributed by atoms with Crippen LogP contribution in [0.3, 0.4) is 0 Å². The van der Waals surface area contributed by atoms with Crippen molar-refractivity contribution in [3.63, 3.8) is 0 Å². The maximum Gasteiger partial charge on any atom is 0.0629 e. The standard InChI is InChI=1S/C34H32N2.C26H24.C14H14/c1-21-14-16-26(17-15-21)33-23(3)34(25(5)35-24(33)4)27-18-22(2)19-28(20-27)36-31-12-8-6-10-29(31)30-11-7-9-13-32(30)36;1-19-13-15-23(21-9-5-3-6-10-21)17-25(19)26-18-24(16-14-20(26)2)22-11-7-4-8-12-22;1-11-7-3-5-9-13(11)14-10-6-4-8-12(14)2/h6-20,29,31H,1-5H3;3,5-7,9-18H,4,8H2,1-2H3;3-10H,1-2H3. The summed E-state index contributed by atoms with van der Waals surface area (Å²) >= 11 is 0. The van der Waals surface area contributed by atoms with Gasteiger partial charge in [-0.3, -0.25) is 4.98 Å². The monoisotopic (exact) mass is 987 g/mol. The molecule has 376 valence electrons. The number of aryl methyl sites for hydroxylation is 8. The van der Waals surface area contributed by atoms with Crippen LogP contribution in [0.2, 0.25) is 0 Å². The Kier molecular flexibility index (Phi) is 15.2. The van der Waals surface area contributed by atoms with Gasteiger partial charge in [-0.2, -0.15) is 0 Å². The van der Waals surface area contributed by atoms with E-state index < -0.39 is 0 Å². The van der Waals surface area contributed by atoms with Gasteiger partial charge in [0.1, 0.15) is 0 Å². The van der Waals surface area contributed by atoms with Crippen molar-refractivity contribution >= 4 is 16.9 Å². The number of aromatic nitrogens is 1. The molecule has 76 heavy (non-hydrogen) atoms. The minimum absolute atomic E-state index is 0.295. The Morgan fingerprint density at radius 1 is 0.421 bits per heavy atom. The zero-order chi connectivity index (χ0) is 52.9. The maximum absolute atomic E-state index is 5.03. The summed E-state index contributed by atoms with van der Waals surface area (Å²) in [6.07, 6.45) is 18.2. The molecule has 0 spiro atoms. The minimum Gasteiger partial charge on any atom is -0.333 e. The molecule has 0 saturated carbocycles. The molecule has 0 radical (unpaired) electrons. The molecule has 1 aliphatic heterocycles. The van der Waals surface area contributed by atoms with Crippen LogP contribution in [0.25, 0.3) is 61.2 Å². The number of para-hydroxylation sites is 1. The highest BCUT2D eigenvalue weighted by Crippen LogP contribution is 2.49. The van der Waals surface area contributed by atoms with E-state index in [0.717, 1.165) is 24.2 Å². The van der Waals surface area contributed by atoms with Gasteiger partial charge in [0, 0.05) is 39.8 Å². The molecule has 0 N–H and O–H groups in total. The first-order valence-corrected chi connectivity index (χ1v) is 27.1. The second kappa shape index (κ2) is 22.6. The first kappa shape index (κ1) is 51.2. The van der Waals surface area contributed by atoms with Crippen molar-refractivity contribution in [2.24, 2.45) is 0 Å². The SMILES string of the molecule is Cc1ccc(-c2c(C)nc(C)c(-c3cc(C)cc(N4c5ccccc5C5C=CC=CC54)c3)c2C)cc1.Cc1ccc(C2=CCCC=C2)cc1-c1cc(-c2ccccc2)ccc1C.Cc1ccccc1-c1ccccc1C. The molecule has 2 aliphatic carbocycles. The number of anilines is 2. The van der Waals surface area contributed by atoms with Crippen molar-refractivity contribution < 1.29 is 0 Å². The second-order valence-electron chi connectivity index (χ2n) is 21.0. The average molecular weight is 987 g/mol. The van der Waals surface area contributed by atoms with E-state index in [2.05, 4.69) is 292 Å². The Morgan fingerprint density at radius 2 is 0.987 bits per heavy atom. The first-order valence-electron chi connectivity index (χ1n) is 27.1. The third-order valence-corrected chi connectivity index (χ3v) is 15.5. The zero-order valence-electron chi connectivity index (χ0n) is 45.8. The Hall–Kier alpha value is -8.33. The van der Waals surface area contributed by atoms with Crippen LogP contribution in [0.5, 0.6) is 0 Å². The predicted molar refractivity (Wildman–Crippen MR) is 327 cm³/mol. The molecule has 0 saturated heterocycles. The van der Waals surface area contributed by atoms with Gasteiger partial charge in [-0.15, -0.1) is 0 Å². The van der Waals surface area contributed by atoms with Crippen LogP contribution in [0.4, 0.5) is 11.4 Å². The van der Waals surface area contributed by atoms with Crippen molar-refractivity contribution in [1.29, 1.82) is 0 Å². The van der Waals surface area contributed by atoms with E-state index in [4.69, 9.17) is 4.98 Å². The fraction of sp³-hybridized carbons (Fsp3) is 0.176. The van der Waals surface area contributed by atoms with Gasteiger partial charge in [-0.05, 0) is 200 Å². The lowest BCUT2D eigenvalue weighted by molar-refractivity contribution is 0.744. The first-order chi connectivity index (χ1) is 36.9. The molecule has 8 aromatic carbocycles. The lowest BCUT2D eigenvalue weighted by Gasteiger charge is -2.29. The third-order valence-electron chi connectivity index (χ3n) is 15.5. The molecule has 0 fully saturated rings. The fourth-order valence-corrected chi connectivity index (χ4v) is 11.6. The lowest BCUT2D eigenvalue weighted by Crippen LogP contribution is -2.28. The van der Waals surface area contributed by atoms with Gasteiger partial charge in [0.2, 0.25) is 0 Å². The van der Waals surface area contributed by atoms with E-state index in [0.29, 0.717) is 12.0 Å². The van der Waals surface area contributed by atoms with E-state index in [1.54, 1.807) is 0 Å². The van der Waals surface area contributed by atoms with Crippen LogP contribution in [0, 0.1) is 62.3 Å². The number of nitrogens with zero attached hydrogens (tertiary/aromatic N) is 2. The molecular weight excluding hydrogens is 917 g/mol. The molecule has 2 unspecified atom stereocenters. The zero-order valence-corrected chi connectivity index (χ0v) is 45.8. The fourth-order valence-electron chi connectivity index (χ4n) is 11.6. The lowest BCUT2D eigenvalue weighted by atomic mass is 9.89. The Balaban J connectivity index is 0.000000143. The number of hydrogen-bond acceptors (Lipinski definition) is 2. The van der Waals surface area contributed by atoms with Gasteiger partial charge in [-0.25, -0.2) is 0 Å². The molecule has 2 atom stereocenters. The van der Waals surface area contributed by atoms with Crippen LogP contribution in [0.1, 0.15) is 80.2 Å².